The number of thiazole rings is 1. The molecule has 0 atom stereocenters. The van der Waals surface area contributed by atoms with Crippen LogP contribution in [0.25, 0.3) is 0 Å². The standard InChI is InChI=1S/C14H13N3O4S/c18-13(16-14-15-12(8-22-14)9-4-5-9)7-21-11-3-1-2-10(6-11)17(19)20/h1-3,6,8-9H,4-5,7H2,(H,15,16,18). The lowest BCUT2D eigenvalue weighted by Gasteiger charge is -2.05. The second-order valence-corrected chi connectivity index (χ2v) is 5.80. The molecule has 0 saturated heterocycles. The Morgan fingerprint density at radius 1 is 1.50 bits per heavy atom. The Morgan fingerprint density at radius 3 is 3.05 bits per heavy atom. The molecule has 1 aromatic heterocycles. The normalized spacial score (nSPS) is 13.6. The summed E-state index contributed by atoms with van der Waals surface area (Å²) in [6.07, 6.45) is 2.32. The van der Waals surface area contributed by atoms with Gasteiger partial charge >= 0.3 is 0 Å². The summed E-state index contributed by atoms with van der Waals surface area (Å²) in [5.74, 6) is 0.480. The number of non-ortho nitro benzene ring substituents is 1. The van der Waals surface area contributed by atoms with E-state index in [0.29, 0.717) is 11.0 Å². The van der Waals surface area contributed by atoms with E-state index in [1.807, 2.05) is 5.38 Å². The topological polar surface area (TPSA) is 94.4 Å². The number of benzene rings is 1. The summed E-state index contributed by atoms with van der Waals surface area (Å²) < 4.78 is 5.26. The molecule has 7 nitrogen and oxygen atoms in total. The first-order chi connectivity index (χ1) is 10.6. The van der Waals surface area contributed by atoms with Crippen LogP contribution in [-0.2, 0) is 4.79 Å². The SMILES string of the molecule is O=C(COc1cccc([N+](=O)[O-])c1)Nc1nc(C2CC2)cs1. The van der Waals surface area contributed by atoms with Crippen LogP contribution >= 0.6 is 11.3 Å². The number of nitrogens with zero attached hydrogens (tertiary/aromatic N) is 2. The van der Waals surface area contributed by atoms with Crippen LogP contribution in [0, 0.1) is 10.1 Å². The Morgan fingerprint density at radius 2 is 2.32 bits per heavy atom. The van der Waals surface area contributed by atoms with Crippen LogP contribution in [0.1, 0.15) is 24.5 Å². The molecule has 0 bridgehead atoms. The van der Waals surface area contributed by atoms with Crippen LogP contribution in [-0.4, -0.2) is 22.4 Å². The van der Waals surface area contributed by atoms with Gasteiger partial charge in [-0.05, 0) is 18.9 Å². The summed E-state index contributed by atoms with van der Waals surface area (Å²) in [7, 11) is 0. The molecule has 0 radical (unpaired) electrons. The third kappa shape index (κ3) is 3.59. The van der Waals surface area contributed by atoms with E-state index < -0.39 is 4.92 Å². The van der Waals surface area contributed by atoms with Crippen molar-refractivity contribution >= 4 is 28.1 Å². The largest absolute Gasteiger partial charge is 0.484 e. The molecular formula is C14H13N3O4S. The molecule has 2 aromatic rings. The Hall–Kier alpha value is -2.48. The number of nitrogens with one attached hydrogen (secondary N) is 1. The molecule has 3 rings (SSSR count). The van der Waals surface area contributed by atoms with Gasteiger partial charge in [0.2, 0.25) is 0 Å². The minimum absolute atomic E-state index is 0.0769. The zero-order valence-electron chi connectivity index (χ0n) is 11.5. The molecule has 1 fully saturated rings. The van der Waals surface area contributed by atoms with Gasteiger partial charge in [-0.3, -0.25) is 20.2 Å². The van der Waals surface area contributed by atoms with Crippen LogP contribution in [0.3, 0.4) is 0 Å². The van der Waals surface area contributed by atoms with Gasteiger partial charge in [-0.25, -0.2) is 4.98 Å². The molecule has 1 N–H and O–H groups in total. The first kappa shape index (κ1) is 14.5. The van der Waals surface area contributed by atoms with Crippen molar-refractivity contribution in [2.45, 2.75) is 18.8 Å². The molecule has 1 aliphatic carbocycles. The fraction of sp³-hybridized carbons (Fsp3) is 0.286. The molecule has 114 valence electrons. The Balaban J connectivity index is 1.53. The maximum absolute atomic E-state index is 11.8. The van der Waals surface area contributed by atoms with Crippen molar-refractivity contribution in [3.63, 3.8) is 0 Å². The quantitative estimate of drug-likeness (QED) is 0.652. The highest BCUT2D eigenvalue weighted by atomic mass is 32.1. The molecule has 1 aromatic carbocycles. The van der Waals surface area contributed by atoms with Gasteiger partial charge in [0.25, 0.3) is 11.6 Å². The molecule has 1 saturated carbocycles. The van der Waals surface area contributed by atoms with E-state index in [2.05, 4.69) is 10.3 Å². The molecule has 1 heterocycles. The average Bonchev–Trinajstić information content (AvgIpc) is 3.26. The highest BCUT2D eigenvalue weighted by molar-refractivity contribution is 7.13. The lowest BCUT2D eigenvalue weighted by molar-refractivity contribution is -0.384. The minimum atomic E-state index is -0.512. The van der Waals surface area contributed by atoms with Crippen LogP contribution < -0.4 is 10.1 Å². The summed E-state index contributed by atoms with van der Waals surface area (Å²) in [5, 5.41) is 15.8. The third-order valence-corrected chi connectivity index (χ3v) is 3.94. The zero-order chi connectivity index (χ0) is 15.5. The number of carbonyl (C=O) groups is 1. The molecule has 1 amide bonds. The van der Waals surface area contributed by atoms with Crippen molar-refractivity contribution < 1.29 is 14.5 Å². The van der Waals surface area contributed by atoms with Gasteiger partial charge in [0, 0.05) is 17.4 Å². The number of nitro benzene ring substituents is 1. The fourth-order valence-electron chi connectivity index (χ4n) is 1.90. The number of nitro groups is 1. The van der Waals surface area contributed by atoms with E-state index >= 15 is 0 Å². The molecule has 0 spiro atoms. The summed E-state index contributed by atoms with van der Waals surface area (Å²) in [6.45, 7) is -0.223. The lowest BCUT2D eigenvalue weighted by atomic mass is 10.3. The Kier molecular flexibility index (Phi) is 4.01. The molecule has 1 aliphatic rings. The van der Waals surface area contributed by atoms with Gasteiger partial charge in [-0.1, -0.05) is 6.07 Å². The van der Waals surface area contributed by atoms with Crippen LogP contribution in [0.5, 0.6) is 5.75 Å². The van der Waals surface area contributed by atoms with Crippen molar-refractivity contribution in [2.75, 3.05) is 11.9 Å². The van der Waals surface area contributed by atoms with Crippen molar-refractivity contribution in [1.29, 1.82) is 0 Å². The average molecular weight is 319 g/mol. The van der Waals surface area contributed by atoms with Crippen molar-refractivity contribution in [1.82, 2.24) is 4.98 Å². The monoisotopic (exact) mass is 319 g/mol. The predicted molar refractivity (Wildman–Crippen MR) is 81.3 cm³/mol. The van der Waals surface area contributed by atoms with Gasteiger partial charge in [-0.15, -0.1) is 11.3 Å². The van der Waals surface area contributed by atoms with Crippen LogP contribution in [0.2, 0.25) is 0 Å². The van der Waals surface area contributed by atoms with Gasteiger partial charge < -0.3 is 4.74 Å². The molecule has 22 heavy (non-hydrogen) atoms. The van der Waals surface area contributed by atoms with Crippen LogP contribution in [0.4, 0.5) is 10.8 Å². The molecule has 0 aliphatic heterocycles. The summed E-state index contributed by atoms with van der Waals surface area (Å²) in [6, 6.07) is 5.72. The molecular weight excluding hydrogens is 306 g/mol. The maximum atomic E-state index is 11.8. The molecule has 8 heteroatoms. The van der Waals surface area contributed by atoms with Crippen molar-refractivity contribution in [3.8, 4) is 5.75 Å². The second-order valence-electron chi connectivity index (χ2n) is 4.94. The number of amides is 1. The van der Waals surface area contributed by atoms with E-state index in [9.17, 15) is 14.9 Å². The van der Waals surface area contributed by atoms with Crippen LogP contribution in [0.15, 0.2) is 29.6 Å². The van der Waals surface area contributed by atoms with Gasteiger partial charge in [-0.2, -0.15) is 0 Å². The number of rotatable bonds is 6. The highest BCUT2D eigenvalue weighted by Crippen LogP contribution is 2.40. The Labute approximate surface area is 130 Å². The first-order valence-corrected chi connectivity index (χ1v) is 7.62. The number of anilines is 1. The van der Waals surface area contributed by atoms with Crippen molar-refractivity contribution in [2.24, 2.45) is 0 Å². The smallest absolute Gasteiger partial charge is 0.273 e. The summed E-state index contributed by atoms with van der Waals surface area (Å²) >= 11 is 1.39. The second kappa shape index (κ2) is 6.10. The molecule has 0 unspecified atom stereocenters. The van der Waals surface area contributed by atoms with E-state index in [0.717, 1.165) is 18.5 Å². The van der Waals surface area contributed by atoms with E-state index in [1.54, 1.807) is 6.07 Å². The van der Waals surface area contributed by atoms with E-state index in [1.165, 1.54) is 29.5 Å². The highest BCUT2D eigenvalue weighted by Gasteiger charge is 2.26. The summed E-state index contributed by atoms with van der Waals surface area (Å²) in [5.41, 5.74) is 0.951. The minimum Gasteiger partial charge on any atom is -0.484 e. The predicted octanol–water partition coefficient (Wildman–Crippen LogP) is 2.95. The fourth-order valence-corrected chi connectivity index (χ4v) is 2.71. The third-order valence-electron chi connectivity index (χ3n) is 3.16. The number of hydrogen-bond donors (Lipinski definition) is 1. The maximum Gasteiger partial charge on any atom is 0.273 e. The van der Waals surface area contributed by atoms with E-state index in [-0.39, 0.29) is 24.0 Å². The number of carbonyl (C=O) groups excluding carboxylic acids is 1. The summed E-state index contributed by atoms with van der Waals surface area (Å²) in [4.78, 5) is 26.3. The van der Waals surface area contributed by atoms with E-state index in [4.69, 9.17) is 4.74 Å². The van der Waals surface area contributed by atoms with Crippen molar-refractivity contribution in [3.05, 3.63) is 45.5 Å². The first-order valence-electron chi connectivity index (χ1n) is 6.74. The zero-order valence-corrected chi connectivity index (χ0v) is 12.3. The van der Waals surface area contributed by atoms with Gasteiger partial charge in [0.15, 0.2) is 11.7 Å². The number of aromatic nitrogens is 1. The number of hydrogen-bond acceptors (Lipinski definition) is 6. The van der Waals surface area contributed by atoms with Gasteiger partial charge in [0.05, 0.1) is 16.7 Å². The lowest BCUT2D eigenvalue weighted by Crippen LogP contribution is -2.20. The number of ether oxygens (including phenoxy) is 1. The van der Waals surface area contributed by atoms with Gasteiger partial charge in [0.1, 0.15) is 5.75 Å². The Bertz CT molecular complexity index is 712.